The quantitative estimate of drug-likeness (QED) is 0.728. The van der Waals surface area contributed by atoms with E-state index < -0.39 is 0 Å². The van der Waals surface area contributed by atoms with E-state index in [-0.39, 0.29) is 17.4 Å². The van der Waals surface area contributed by atoms with Crippen LogP contribution in [-0.2, 0) is 6.42 Å². The number of aromatic amines is 1. The van der Waals surface area contributed by atoms with Gasteiger partial charge in [0.25, 0.3) is 5.91 Å². The lowest BCUT2D eigenvalue weighted by Crippen LogP contribution is -2.29. The molecule has 0 aliphatic heterocycles. The van der Waals surface area contributed by atoms with Crippen LogP contribution in [0.5, 0.6) is 0 Å². The molecule has 1 heterocycles. The van der Waals surface area contributed by atoms with Crippen molar-refractivity contribution in [2.45, 2.75) is 12.3 Å². The van der Waals surface area contributed by atoms with E-state index in [1.807, 2.05) is 36.4 Å². The van der Waals surface area contributed by atoms with Gasteiger partial charge in [-0.15, -0.1) is 0 Å². The fourth-order valence-electron chi connectivity index (χ4n) is 2.80. The van der Waals surface area contributed by atoms with E-state index in [4.69, 9.17) is 0 Å². The third-order valence-electron chi connectivity index (χ3n) is 4.15. The summed E-state index contributed by atoms with van der Waals surface area (Å²) in [6, 6.07) is 23.3. The molecule has 4 nitrogen and oxygen atoms in total. The Morgan fingerprint density at radius 2 is 1.60 bits per heavy atom. The third kappa shape index (κ3) is 4.67. The second-order valence-corrected chi connectivity index (χ2v) is 5.95. The van der Waals surface area contributed by atoms with E-state index in [9.17, 15) is 9.59 Å². The average Bonchev–Trinajstić information content (AvgIpc) is 2.67. The summed E-state index contributed by atoms with van der Waals surface area (Å²) < 4.78 is 0. The molecule has 25 heavy (non-hydrogen) atoms. The fourth-order valence-corrected chi connectivity index (χ4v) is 2.80. The molecule has 0 aliphatic rings. The molecule has 0 bridgehead atoms. The summed E-state index contributed by atoms with van der Waals surface area (Å²) in [6.45, 7) is 0.525. The summed E-state index contributed by atoms with van der Waals surface area (Å²) in [7, 11) is 0. The molecule has 1 amide bonds. The van der Waals surface area contributed by atoms with Gasteiger partial charge in [-0.25, -0.2) is 0 Å². The number of carbonyl (C=O) groups excluding carboxylic acids is 1. The fraction of sp³-hybridized carbons (Fsp3) is 0.143. The van der Waals surface area contributed by atoms with Crippen molar-refractivity contribution in [3.05, 3.63) is 106 Å². The van der Waals surface area contributed by atoms with E-state index in [0.717, 1.165) is 6.42 Å². The predicted molar refractivity (Wildman–Crippen MR) is 98.7 cm³/mol. The molecule has 3 aromatic rings. The molecule has 0 fully saturated rings. The number of nitrogens with one attached hydrogen (secondary N) is 2. The van der Waals surface area contributed by atoms with Crippen LogP contribution in [0.1, 0.15) is 27.4 Å². The van der Waals surface area contributed by atoms with Gasteiger partial charge >= 0.3 is 0 Å². The van der Waals surface area contributed by atoms with Crippen LogP contribution >= 0.6 is 0 Å². The Morgan fingerprint density at radius 3 is 2.24 bits per heavy atom. The molecule has 4 heteroatoms. The van der Waals surface area contributed by atoms with Gasteiger partial charge in [0, 0.05) is 24.7 Å². The lowest BCUT2D eigenvalue weighted by atomic mass is 9.92. The number of H-pyrrole nitrogens is 1. The maximum Gasteiger partial charge on any atom is 0.252 e. The van der Waals surface area contributed by atoms with Gasteiger partial charge in [0.05, 0.1) is 5.56 Å². The summed E-state index contributed by atoms with van der Waals surface area (Å²) >= 11 is 0. The number of aromatic nitrogens is 1. The summed E-state index contributed by atoms with van der Waals surface area (Å²) in [5.41, 5.74) is 2.65. The molecule has 0 saturated heterocycles. The van der Waals surface area contributed by atoms with Crippen LogP contribution in [0, 0.1) is 0 Å². The van der Waals surface area contributed by atoms with Gasteiger partial charge in [-0.3, -0.25) is 9.59 Å². The molecule has 0 aliphatic carbocycles. The van der Waals surface area contributed by atoms with Crippen LogP contribution in [0.3, 0.4) is 0 Å². The van der Waals surface area contributed by atoms with Crippen molar-refractivity contribution in [3.8, 4) is 0 Å². The smallest absolute Gasteiger partial charge is 0.252 e. The summed E-state index contributed by atoms with van der Waals surface area (Å²) in [5.74, 6) is -0.0134. The second kappa shape index (κ2) is 8.11. The molecule has 2 aromatic carbocycles. The van der Waals surface area contributed by atoms with Crippen LogP contribution in [0.25, 0.3) is 0 Å². The molecule has 0 spiro atoms. The summed E-state index contributed by atoms with van der Waals surface area (Å²) in [6.07, 6.45) is 2.28. The maximum atomic E-state index is 12.3. The number of carbonyl (C=O) groups is 1. The van der Waals surface area contributed by atoms with Gasteiger partial charge in [0.15, 0.2) is 0 Å². The molecule has 1 aromatic heterocycles. The zero-order valence-electron chi connectivity index (χ0n) is 13.8. The van der Waals surface area contributed by atoms with E-state index in [0.29, 0.717) is 12.1 Å². The second-order valence-electron chi connectivity index (χ2n) is 5.95. The highest BCUT2D eigenvalue weighted by molar-refractivity contribution is 5.93. The highest BCUT2D eigenvalue weighted by Crippen LogP contribution is 2.20. The first-order valence-corrected chi connectivity index (χ1v) is 8.28. The Hall–Kier alpha value is -3.14. The largest absolute Gasteiger partial charge is 0.351 e. The molecular formula is C21H20N2O2. The topological polar surface area (TPSA) is 62.0 Å². The number of rotatable bonds is 6. The lowest BCUT2D eigenvalue weighted by Gasteiger charge is -2.18. The van der Waals surface area contributed by atoms with Crippen LogP contribution < -0.4 is 10.9 Å². The molecule has 2 N–H and O–H groups in total. The Labute approximate surface area is 146 Å². The first-order chi connectivity index (χ1) is 12.2. The Morgan fingerprint density at radius 1 is 0.920 bits per heavy atom. The Kier molecular flexibility index (Phi) is 5.42. The number of pyridine rings is 1. The number of hydrogen-bond acceptors (Lipinski definition) is 2. The highest BCUT2D eigenvalue weighted by Gasteiger charge is 2.14. The minimum Gasteiger partial charge on any atom is -0.351 e. The molecule has 3 rings (SSSR count). The SMILES string of the molecule is O=C(NCC(Cc1ccccc1)c1ccccc1)c1ccc(=O)[nH]c1. The van der Waals surface area contributed by atoms with Crippen LogP contribution in [0.2, 0.25) is 0 Å². The van der Waals surface area contributed by atoms with Gasteiger partial charge in [0.1, 0.15) is 0 Å². The van der Waals surface area contributed by atoms with Crippen molar-refractivity contribution >= 4 is 5.91 Å². The standard InChI is InChI=1S/C21H20N2O2/c24-20-12-11-18(14-22-20)21(25)23-15-19(17-9-5-2-6-10-17)13-16-7-3-1-4-8-16/h1-12,14,19H,13,15H2,(H,22,24)(H,23,25). The molecule has 126 valence electrons. The third-order valence-corrected chi connectivity index (χ3v) is 4.15. The van der Waals surface area contributed by atoms with Crippen molar-refractivity contribution in [3.63, 3.8) is 0 Å². The summed E-state index contributed by atoms with van der Waals surface area (Å²) in [4.78, 5) is 25.9. The first kappa shape index (κ1) is 16.7. The van der Waals surface area contributed by atoms with Crippen LogP contribution in [-0.4, -0.2) is 17.4 Å². The van der Waals surface area contributed by atoms with Crippen molar-refractivity contribution in [1.29, 1.82) is 0 Å². The number of hydrogen-bond donors (Lipinski definition) is 2. The minimum absolute atomic E-state index is 0.176. The molecule has 1 atom stereocenters. The van der Waals surface area contributed by atoms with Gasteiger partial charge in [-0.2, -0.15) is 0 Å². The van der Waals surface area contributed by atoms with Crippen molar-refractivity contribution in [2.75, 3.05) is 6.54 Å². The van der Waals surface area contributed by atoms with E-state index in [2.05, 4.69) is 34.6 Å². The van der Waals surface area contributed by atoms with Gasteiger partial charge in [-0.1, -0.05) is 60.7 Å². The minimum atomic E-state index is -0.220. The Bertz CT molecular complexity index is 853. The highest BCUT2D eigenvalue weighted by atomic mass is 16.1. The van der Waals surface area contributed by atoms with E-state index in [1.54, 1.807) is 0 Å². The lowest BCUT2D eigenvalue weighted by molar-refractivity contribution is 0.0950. The van der Waals surface area contributed by atoms with Crippen molar-refractivity contribution in [2.24, 2.45) is 0 Å². The van der Waals surface area contributed by atoms with Crippen LogP contribution in [0.4, 0.5) is 0 Å². The van der Waals surface area contributed by atoms with Gasteiger partial charge < -0.3 is 10.3 Å². The number of amides is 1. The average molecular weight is 332 g/mol. The normalized spacial score (nSPS) is 11.7. The molecule has 1 unspecified atom stereocenters. The van der Waals surface area contributed by atoms with Crippen LogP contribution in [0.15, 0.2) is 83.8 Å². The van der Waals surface area contributed by atoms with Gasteiger partial charge in [0.2, 0.25) is 5.56 Å². The van der Waals surface area contributed by atoms with E-state index in [1.165, 1.54) is 29.5 Å². The summed E-state index contributed by atoms with van der Waals surface area (Å²) in [5, 5.41) is 2.98. The first-order valence-electron chi connectivity index (χ1n) is 8.28. The molecule has 0 saturated carbocycles. The van der Waals surface area contributed by atoms with E-state index >= 15 is 0 Å². The number of benzene rings is 2. The van der Waals surface area contributed by atoms with Crippen molar-refractivity contribution in [1.82, 2.24) is 10.3 Å². The molecular weight excluding hydrogens is 312 g/mol. The van der Waals surface area contributed by atoms with Gasteiger partial charge in [-0.05, 0) is 23.6 Å². The zero-order chi connectivity index (χ0) is 17.5. The predicted octanol–water partition coefficient (Wildman–Crippen LogP) is 3.13. The maximum absolute atomic E-state index is 12.3. The molecule has 0 radical (unpaired) electrons. The Balaban J connectivity index is 1.72. The van der Waals surface area contributed by atoms with Crippen molar-refractivity contribution < 1.29 is 4.79 Å². The zero-order valence-corrected chi connectivity index (χ0v) is 13.8. The monoisotopic (exact) mass is 332 g/mol.